The molecule has 1 aromatic rings. The van der Waals surface area contributed by atoms with Crippen molar-refractivity contribution in [2.45, 2.75) is 52.5 Å². The molecule has 2 rings (SSSR count). The number of halogens is 1. The average molecular weight is 309 g/mol. The fourth-order valence-electron chi connectivity index (χ4n) is 3.14. The van der Waals surface area contributed by atoms with Crippen LogP contribution in [-0.2, 0) is 0 Å². The maximum absolute atomic E-state index is 11.2. The summed E-state index contributed by atoms with van der Waals surface area (Å²) in [5.41, 5.74) is 7.00. The molecule has 1 amide bonds. The zero-order chi connectivity index (χ0) is 15.6. The van der Waals surface area contributed by atoms with Crippen LogP contribution in [0.3, 0.4) is 0 Å². The second-order valence-electron chi connectivity index (χ2n) is 7.12. The Kier molecular flexibility index (Phi) is 4.82. The van der Waals surface area contributed by atoms with Gasteiger partial charge < -0.3 is 11.1 Å². The molecule has 1 fully saturated rings. The lowest BCUT2D eigenvalue weighted by Crippen LogP contribution is -2.31. The van der Waals surface area contributed by atoms with Crippen LogP contribution in [0.2, 0.25) is 5.02 Å². The maximum Gasteiger partial charge on any atom is 0.250 e. The Morgan fingerprint density at radius 2 is 1.86 bits per heavy atom. The molecule has 0 bridgehead atoms. The Balaban J connectivity index is 1.95. The Morgan fingerprint density at radius 1 is 1.24 bits per heavy atom. The van der Waals surface area contributed by atoms with E-state index in [2.05, 4.69) is 26.1 Å². The molecule has 1 saturated carbocycles. The number of benzene rings is 1. The van der Waals surface area contributed by atoms with Crippen molar-refractivity contribution in [3.63, 3.8) is 0 Å². The fourth-order valence-corrected chi connectivity index (χ4v) is 3.42. The molecular formula is C17H25ClN2O. The third kappa shape index (κ3) is 4.13. The smallest absolute Gasteiger partial charge is 0.250 e. The molecule has 3 N–H and O–H groups in total. The van der Waals surface area contributed by atoms with Gasteiger partial charge in [-0.25, -0.2) is 0 Å². The molecule has 0 aromatic heterocycles. The van der Waals surface area contributed by atoms with Crippen molar-refractivity contribution in [1.82, 2.24) is 0 Å². The highest BCUT2D eigenvalue weighted by atomic mass is 35.5. The molecular weight excluding hydrogens is 284 g/mol. The van der Waals surface area contributed by atoms with E-state index in [1.807, 2.05) is 6.07 Å². The quantitative estimate of drug-likeness (QED) is 0.866. The summed E-state index contributed by atoms with van der Waals surface area (Å²) in [5.74, 6) is 0.314. The lowest BCUT2D eigenvalue weighted by molar-refractivity contribution is 0.100. The molecule has 0 heterocycles. The van der Waals surface area contributed by atoms with Crippen LogP contribution in [0.5, 0.6) is 0 Å². The summed E-state index contributed by atoms with van der Waals surface area (Å²) in [6.07, 6.45) is 4.87. The molecule has 21 heavy (non-hydrogen) atoms. The summed E-state index contributed by atoms with van der Waals surface area (Å²) in [7, 11) is 0. The molecule has 1 aromatic carbocycles. The number of hydrogen-bond donors (Lipinski definition) is 2. The summed E-state index contributed by atoms with van der Waals surface area (Å²) in [4.78, 5) is 11.2. The lowest BCUT2D eigenvalue weighted by Gasteiger charge is -2.37. The van der Waals surface area contributed by atoms with Crippen molar-refractivity contribution in [3.05, 3.63) is 28.8 Å². The van der Waals surface area contributed by atoms with Crippen LogP contribution in [-0.4, -0.2) is 11.9 Å². The molecule has 0 aliphatic heterocycles. The summed E-state index contributed by atoms with van der Waals surface area (Å²) in [6, 6.07) is 5.84. The van der Waals surface area contributed by atoms with Crippen molar-refractivity contribution >= 4 is 23.2 Å². The number of carbonyl (C=O) groups excluding carboxylic acids is 1. The van der Waals surface area contributed by atoms with Crippen LogP contribution in [0.15, 0.2) is 18.2 Å². The molecule has 116 valence electrons. The summed E-state index contributed by atoms with van der Waals surface area (Å²) in [6.45, 7) is 6.98. The zero-order valence-electron chi connectivity index (χ0n) is 13.1. The number of nitrogens with one attached hydrogen (secondary N) is 1. The summed E-state index contributed by atoms with van der Waals surface area (Å²) >= 11 is 6.08. The number of primary amides is 1. The normalized spacial score (nSPS) is 22.9. The van der Waals surface area contributed by atoms with Gasteiger partial charge in [0.1, 0.15) is 0 Å². The number of carbonyl (C=O) groups is 1. The van der Waals surface area contributed by atoms with Gasteiger partial charge in [-0.3, -0.25) is 4.79 Å². The Hall–Kier alpha value is -1.22. The van der Waals surface area contributed by atoms with Crippen LogP contribution in [0.4, 0.5) is 5.69 Å². The first-order valence-electron chi connectivity index (χ1n) is 7.63. The molecule has 4 heteroatoms. The van der Waals surface area contributed by atoms with Crippen molar-refractivity contribution in [3.8, 4) is 0 Å². The zero-order valence-corrected chi connectivity index (χ0v) is 13.8. The number of hydrogen-bond acceptors (Lipinski definition) is 2. The molecule has 0 radical (unpaired) electrons. The van der Waals surface area contributed by atoms with Crippen LogP contribution < -0.4 is 11.1 Å². The minimum absolute atomic E-state index is 0.374. The topological polar surface area (TPSA) is 55.1 Å². The molecule has 0 atom stereocenters. The summed E-state index contributed by atoms with van der Waals surface area (Å²) in [5, 5.41) is 3.94. The molecule has 3 nitrogen and oxygen atoms in total. The van der Waals surface area contributed by atoms with Gasteiger partial charge in [0.25, 0.3) is 0 Å². The van der Waals surface area contributed by atoms with Crippen molar-refractivity contribution in [1.29, 1.82) is 0 Å². The highest BCUT2D eigenvalue weighted by Gasteiger charge is 2.29. The first-order chi connectivity index (χ1) is 9.77. The van der Waals surface area contributed by atoms with Gasteiger partial charge in [-0.05, 0) is 55.2 Å². The maximum atomic E-state index is 11.2. The predicted octanol–water partition coefficient (Wildman–Crippen LogP) is 4.46. The second-order valence-corrected chi connectivity index (χ2v) is 7.52. The minimum Gasteiger partial charge on any atom is -0.382 e. The first-order valence-corrected chi connectivity index (χ1v) is 8.01. The van der Waals surface area contributed by atoms with Crippen molar-refractivity contribution < 1.29 is 4.79 Å². The van der Waals surface area contributed by atoms with Gasteiger partial charge in [-0.2, -0.15) is 0 Å². The van der Waals surface area contributed by atoms with E-state index in [1.54, 1.807) is 12.1 Å². The van der Waals surface area contributed by atoms with Crippen molar-refractivity contribution in [2.75, 3.05) is 5.32 Å². The van der Waals surface area contributed by atoms with Gasteiger partial charge in [-0.1, -0.05) is 32.4 Å². The number of rotatable bonds is 3. The van der Waals surface area contributed by atoms with Gasteiger partial charge >= 0.3 is 0 Å². The van der Waals surface area contributed by atoms with Gasteiger partial charge in [-0.15, -0.1) is 0 Å². The van der Waals surface area contributed by atoms with Gasteiger partial charge in [0.05, 0.1) is 10.6 Å². The monoisotopic (exact) mass is 308 g/mol. The Morgan fingerprint density at radius 3 is 2.33 bits per heavy atom. The van der Waals surface area contributed by atoms with E-state index in [0.717, 1.165) is 11.6 Å². The molecule has 0 saturated heterocycles. The fraction of sp³-hybridized carbons (Fsp3) is 0.588. The van der Waals surface area contributed by atoms with E-state index in [1.165, 1.54) is 25.7 Å². The number of amides is 1. The van der Waals surface area contributed by atoms with Gasteiger partial charge in [0.2, 0.25) is 5.91 Å². The number of nitrogens with two attached hydrogens (primary N) is 1. The van der Waals surface area contributed by atoms with Crippen LogP contribution in [0.1, 0.15) is 56.8 Å². The second kappa shape index (κ2) is 6.27. The SMILES string of the molecule is CC(C)(C)C1CCC(Nc2ccc(C(N)=O)c(Cl)c2)CC1. The molecule has 1 aliphatic carbocycles. The third-order valence-electron chi connectivity index (χ3n) is 4.56. The minimum atomic E-state index is -0.489. The Labute approximate surface area is 132 Å². The van der Waals surface area contributed by atoms with Crippen molar-refractivity contribution in [2.24, 2.45) is 17.1 Å². The van der Waals surface area contributed by atoms with E-state index in [4.69, 9.17) is 17.3 Å². The van der Waals surface area contributed by atoms with E-state index < -0.39 is 5.91 Å². The van der Waals surface area contributed by atoms with Crippen LogP contribution in [0.25, 0.3) is 0 Å². The highest BCUT2D eigenvalue weighted by Crippen LogP contribution is 2.38. The lowest BCUT2D eigenvalue weighted by atomic mass is 9.71. The Bertz CT molecular complexity index is 514. The highest BCUT2D eigenvalue weighted by molar-refractivity contribution is 6.34. The third-order valence-corrected chi connectivity index (χ3v) is 4.87. The van der Waals surface area contributed by atoms with Gasteiger partial charge in [0.15, 0.2) is 0 Å². The first kappa shape index (κ1) is 16.2. The van der Waals surface area contributed by atoms with Crippen LogP contribution >= 0.6 is 11.6 Å². The molecule has 1 aliphatic rings. The van der Waals surface area contributed by atoms with E-state index >= 15 is 0 Å². The molecule has 0 unspecified atom stereocenters. The van der Waals surface area contributed by atoms with E-state index in [9.17, 15) is 4.79 Å². The average Bonchev–Trinajstić information content (AvgIpc) is 2.38. The van der Waals surface area contributed by atoms with Crippen LogP contribution in [0, 0.1) is 11.3 Å². The summed E-state index contributed by atoms with van der Waals surface area (Å²) < 4.78 is 0. The van der Waals surface area contributed by atoms with E-state index in [0.29, 0.717) is 22.0 Å². The largest absolute Gasteiger partial charge is 0.382 e. The van der Waals surface area contributed by atoms with Gasteiger partial charge in [0, 0.05) is 11.7 Å². The predicted molar refractivity (Wildman–Crippen MR) is 88.8 cm³/mol. The molecule has 0 spiro atoms. The van der Waals surface area contributed by atoms with E-state index in [-0.39, 0.29) is 0 Å². The number of anilines is 1. The standard InChI is InChI=1S/C17H25ClN2O/c1-17(2,3)11-4-6-12(7-5-11)20-13-8-9-14(16(19)21)15(18)10-13/h8-12,20H,4-7H2,1-3H3,(H2,19,21).